The highest BCUT2D eigenvalue weighted by Gasteiger charge is 2.41. The third-order valence-corrected chi connectivity index (χ3v) is 11.9. The van der Waals surface area contributed by atoms with Gasteiger partial charge in [-0.25, -0.2) is 9.59 Å². The number of anilines is 2. The third-order valence-electron chi connectivity index (χ3n) is 7.44. The Balaban J connectivity index is 1.57. The van der Waals surface area contributed by atoms with Gasteiger partial charge in [-0.05, 0) is 53.9 Å². The predicted molar refractivity (Wildman–Crippen MR) is 143 cm³/mol. The summed E-state index contributed by atoms with van der Waals surface area (Å²) in [5.74, 6) is 0. The van der Waals surface area contributed by atoms with Crippen LogP contribution in [0.25, 0.3) is 0 Å². The molecule has 4 rings (SSSR count). The lowest BCUT2D eigenvalue weighted by Gasteiger charge is -2.37. The highest BCUT2D eigenvalue weighted by molar-refractivity contribution is 6.74. The fourth-order valence-electron chi connectivity index (χ4n) is 4.23. The molecule has 0 aromatic heterocycles. The SMILES string of the molecule is CC(C)(C)[Si](C)(C)OCC1Cc2cc(N3C[C@H](CN)OC3=O)ccc2N1C(=O)OCc1ccccc1. The van der Waals surface area contributed by atoms with Gasteiger partial charge in [0.05, 0.1) is 24.9 Å². The van der Waals surface area contributed by atoms with Gasteiger partial charge in [0.1, 0.15) is 12.7 Å². The molecule has 2 aromatic rings. The summed E-state index contributed by atoms with van der Waals surface area (Å²) >= 11 is 0. The van der Waals surface area contributed by atoms with E-state index in [1.807, 2.05) is 48.5 Å². The highest BCUT2D eigenvalue weighted by atomic mass is 28.4. The zero-order chi connectivity index (χ0) is 26.1. The van der Waals surface area contributed by atoms with Crippen molar-refractivity contribution >= 4 is 31.9 Å². The van der Waals surface area contributed by atoms with Crippen molar-refractivity contribution in [3.63, 3.8) is 0 Å². The Labute approximate surface area is 214 Å². The summed E-state index contributed by atoms with van der Waals surface area (Å²) < 4.78 is 17.6. The van der Waals surface area contributed by atoms with Gasteiger partial charge in [0.2, 0.25) is 0 Å². The van der Waals surface area contributed by atoms with Crippen molar-refractivity contribution in [2.24, 2.45) is 5.73 Å². The van der Waals surface area contributed by atoms with Crippen LogP contribution in [0.4, 0.5) is 21.0 Å². The van der Waals surface area contributed by atoms with Crippen molar-refractivity contribution in [1.29, 1.82) is 0 Å². The molecule has 1 saturated heterocycles. The largest absolute Gasteiger partial charge is 0.444 e. The molecule has 1 unspecified atom stereocenters. The third kappa shape index (κ3) is 5.43. The fraction of sp³-hybridized carbons (Fsp3) is 0.481. The Morgan fingerprint density at radius 2 is 1.89 bits per heavy atom. The minimum Gasteiger partial charge on any atom is -0.444 e. The van der Waals surface area contributed by atoms with E-state index in [-0.39, 0.29) is 30.3 Å². The molecule has 9 heteroatoms. The van der Waals surface area contributed by atoms with Crippen LogP contribution >= 0.6 is 0 Å². The van der Waals surface area contributed by atoms with Crippen molar-refractivity contribution < 1.29 is 23.5 Å². The first kappa shape index (κ1) is 26.2. The minimum atomic E-state index is -2.02. The van der Waals surface area contributed by atoms with Crippen molar-refractivity contribution in [2.45, 2.75) is 64.1 Å². The molecule has 36 heavy (non-hydrogen) atoms. The maximum Gasteiger partial charge on any atom is 0.414 e. The summed E-state index contributed by atoms with van der Waals surface area (Å²) in [7, 11) is -2.02. The topological polar surface area (TPSA) is 94.3 Å². The molecule has 2 atom stereocenters. The maximum atomic E-state index is 13.3. The average molecular weight is 512 g/mol. The number of nitrogens with two attached hydrogens (primary N) is 1. The zero-order valence-corrected chi connectivity index (χ0v) is 22.8. The van der Waals surface area contributed by atoms with E-state index in [0.29, 0.717) is 19.6 Å². The van der Waals surface area contributed by atoms with E-state index in [0.717, 1.165) is 22.5 Å². The molecule has 194 valence electrons. The number of nitrogens with zero attached hydrogens (tertiary/aromatic N) is 2. The van der Waals surface area contributed by atoms with Crippen molar-refractivity contribution in [1.82, 2.24) is 0 Å². The summed E-state index contributed by atoms with van der Waals surface area (Å²) in [6.07, 6.45) is -0.513. The fourth-order valence-corrected chi connectivity index (χ4v) is 5.27. The molecule has 2 aliphatic heterocycles. The lowest BCUT2D eigenvalue weighted by molar-refractivity contribution is 0.141. The predicted octanol–water partition coefficient (Wildman–Crippen LogP) is 5.06. The molecular weight excluding hydrogens is 474 g/mol. The quantitative estimate of drug-likeness (QED) is 0.522. The van der Waals surface area contributed by atoms with Crippen LogP contribution in [0.3, 0.4) is 0 Å². The second-order valence-corrected chi connectivity index (χ2v) is 15.8. The summed E-state index contributed by atoms with van der Waals surface area (Å²) in [5, 5.41) is 0.0555. The summed E-state index contributed by atoms with van der Waals surface area (Å²) in [6, 6.07) is 15.1. The zero-order valence-electron chi connectivity index (χ0n) is 21.8. The number of amides is 2. The van der Waals surface area contributed by atoms with E-state index in [9.17, 15) is 9.59 Å². The smallest absolute Gasteiger partial charge is 0.414 e. The van der Waals surface area contributed by atoms with Crippen LogP contribution in [-0.2, 0) is 26.9 Å². The number of fused-ring (bicyclic) bond motifs is 1. The summed E-state index contributed by atoms with van der Waals surface area (Å²) in [4.78, 5) is 29.0. The Kier molecular flexibility index (Phi) is 7.45. The van der Waals surface area contributed by atoms with E-state index in [1.54, 1.807) is 9.80 Å². The Hall–Kier alpha value is -2.88. The van der Waals surface area contributed by atoms with Crippen LogP contribution in [-0.4, -0.2) is 52.3 Å². The Bertz CT molecular complexity index is 1100. The van der Waals surface area contributed by atoms with Gasteiger partial charge in [-0.15, -0.1) is 0 Å². The van der Waals surface area contributed by atoms with Crippen molar-refractivity contribution in [2.75, 3.05) is 29.5 Å². The number of rotatable bonds is 7. The van der Waals surface area contributed by atoms with Gasteiger partial charge in [-0.2, -0.15) is 0 Å². The van der Waals surface area contributed by atoms with Gasteiger partial charge in [-0.1, -0.05) is 51.1 Å². The minimum absolute atomic E-state index is 0.0555. The van der Waals surface area contributed by atoms with Gasteiger partial charge < -0.3 is 19.6 Å². The molecule has 0 spiro atoms. The monoisotopic (exact) mass is 511 g/mol. The van der Waals surface area contributed by atoms with Gasteiger partial charge in [0.25, 0.3) is 0 Å². The molecule has 1 fully saturated rings. The van der Waals surface area contributed by atoms with Crippen LogP contribution < -0.4 is 15.5 Å². The number of benzene rings is 2. The molecule has 0 saturated carbocycles. The van der Waals surface area contributed by atoms with Crippen molar-refractivity contribution in [3.05, 3.63) is 59.7 Å². The van der Waals surface area contributed by atoms with Crippen molar-refractivity contribution in [3.8, 4) is 0 Å². The molecule has 2 heterocycles. The molecule has 8 nitrogen and oxygen atoms in total. The lowest BCUT2D eigenvalue weighted by Crippen LogP contribution is -2.47. The van der Waals surface area contributed by atoms with Crippen LogP contribution in [0.15, 0.2) is 48.5 Å². The standard InChI is InChI=1S/C27H37N3O5Si/c1-27(2,3)36(4,5)34-18-22-14-20-13-21(29-16-23(15-28)35-25(29)31)11-12-24(20)30(22)26(32)33-17-19-9-7-6-8-10-19/h6-13,22-23H,14-18,28H2,1-5H3/t22?,23-/m0/s1. The van der Waals surface area contributed by atoms with Gasteiger partial charge >= 0.3 is 12.2 Å². The highest BCUT2D eigenvalue weighted by Crippen LogP contribution is 2.40. The molecular formula is C27H37N3O5Si. The first-order valence-electron chi connectivity index (χ1n) is 12.4. The first-order valence-corrected chi connectivity index (χ1v) is 15.4. The van der Waals surface area contributed by atoms with Crippen LogP contribution in [0.2, 0.25) is 18.1 Å². The lowest BCUT2D eigenvalue weighted by atomic mass is 10.1. The van der Waals surface area contributed by atoms with E-state index in [2.05, 4.69) is 33.9 Å². The molecule has 2 aliphatic rings. The number of carbonyl (C=O) groups is 2. The van der Waals surface area contributed by atoms with Gasteiger partial charge in [0, 0.05) is 12.2 Å². The normalized spacial score (nSPS) is 19.9. The van der Waals surface area contributed by atoms with E-state index >= 15 is 0 Å². The molecule has 0 aliphatic carbocycles. The second kappa shape index (κ2) is 10.2. The number of hydrogen-bond donors (Lipinski definition) is 1. The Morgan fingerprint density at radius 3 is 2.53 bits per heavy atom. The number of hydrogen-bond acceptors (Lipinski definition) is 6. The number of ether oxygens (including phenoxy) is 2. The molecule has 2 N–H and O–H groups in total. The average Bonchev–Trinajstić information content (AvgIpc) is 3.40. The molecule has 0 bridgehead atoms. The van der Waals surface area contributed by atoms with Gasteiger partial charge in [0.15, 0.2) is 8.32 Å². The molecule has 2 amide bonds. The molecule has 2 aromatic carbocycles. The summed E-state index contributed by atoms with van der Waals surface area (Å²) in [5.41, 5.74) is 9.11. The van der Waals surface area contributed by atoms with Crippen LogP contribution in [0.5, 0.6) is 0 Å². The first-order chi connectivity index (χ1) is 17.0. The summed E-state index contributed by atoms with van der Waals surface area (Å²) in [6.45, 7) is 12.3. The molecule has 0 radical (unpaired) electrons. The van der Waals surface area contributed by atoms with Crippen LogP contribution in [0.1, 0.15) is 31.9 Å². The van der Waals surface area contributed by atoms with Crippen LogP contribution in [0, 0.1) is 0 Å². The van der Waals surface area contributed by atoms with E-state index < -0.39 is 20.5 Å². The Morgan fingerprint density at radius 1 is 1.17 bits per heavy atom. The van der Waals surface area contributed by atoms with E-state index in [4.69, 9.17) is 19.6 Å². The number of carbonyl (C=O) groups excluding carboxylic acids is 2. The van der Waals surface area contributed by atoms with E-state index in [1.165, 1.54) is 0 Å². The maximum absolute atomic E-state index is 13.3. The second-order valence-electron chi connectivity index (χ2n) is 11.0. The number of cyclic esters (lactones) is 1. The van der Waals surface area contributed by atoms with Gasteiger partial charge in [-0.3, -0.25) is 9.80 Å².